The lowest BCUT2D eigenvalue weighted by Crippen LogP contribution is -2.45. The van der Waals surface area contributed by atoms with E-state index < -0.39 is 0 Å². The average molecular weight is 281 g/mol. The molecule has 2 rings (SSSR count). The van der Waals surface area contributed by atoms with Crippen molar-refractivity contribution in [2.45, 2.75) is 38.8 Å². The number of piperidine rings is 1. The van der Waals surface area contributed by atoms with Crippen LogP contribution in [-0.4, -0.2) is 49.1 Å². The first-order valence-electron chi connectivity index (χ1n) is 7.36. The van der Waals surface area contributed by atoms with Crippen molar-refractivity contribution >= 4 is 11.3 Å². The molecule has 0 saturated carbocycles. The number of hydrogen-bond donors (Lipinski definition) is 1. The molecule has 0 spiro atoms. The summed E-state index contributed by atoms with van der Waals surface area (Å²) < 4.78 is 0. The summed E-state index contributed by atoms with van der Waals surface area (Å²) in [5.41, 5.74) is 6.03. The van der Waals surface area contributed by atoms with Crippen LogP contribution in [-0.2, 0) is 0 Å². The second-order valence-corrected chi connectivity index (χ2v) is 6.85. The first-order valence-corrected chi connectivity index (χ1v) is 8.18. The SMILES string of the molecule is CCN1CCC(N(C)C(CN)c2ccc(C)s2)CC1. The molecule has 1 fully saturated rings. The minimum Gasteiger partial charge on any atom is -0.329 e. The number of thiophene rings is 1. The third-order valence-electron chi connectivity index (χ3n) is 4.38. The highest BCUT2D eigenvalue weighted by molar-refractivity contribution is 7.12. The number of nitrogens with zero attached hydrogens (tertiary/aromatic N) is 2. The van der Waals surface area contributed by atoms with Gasteiger partial charge in [0.25, 0.3) is 0 Å². The van der Waals surface area contributed by atoms with Crippen molar-refractivity contribution in [3.05, 3.63) is 21.9 Å². The number of hydrogen-bond acceptors (Lipinski definition) is 4. The van der Waals surface area contributed by atoms with Gasteiger partial charge >= 0.3 is 0 Å². The van der Waals surface area contributed by atoms with Gasteiger partial charge in [0.15, 0.2) is 0 Å². The Bertz CT molecular complexity index is 382. The molecule has 4 heteroatoms. The Kier molecular flexibility index (Phi) is 5.39. The van der Waals surface area contributed by atoms with Crippen molar-refractivity contribution in [3.63, 3.8) is 0 Å². The van der Waals surface area contributed by atoms with E-state index >= 15 is 0 Å². The van der Waals surface area contributed by atoms with Crippen LogP contribution < -0.4 is 5.73 Å². The molecule has 0 aromatic carbocycles. The fraction of sp³-hybridized carbons (Fsp3) is 0.733. The van der Waals surface area contributed by atoms with Gasteiger partial charge in [0.05, 0.1) is 6.04 Å². The fourth-order valence-corrected chi connectivity index (χ4v) is 4.06. The Morgan fingerprint density at radius 3 is 2.58 bits per heavy atom. The highest BCUT2D eigenvalue weighted by Crippen LogP contribution is 2.29. The van der Waals surface area contributed by atoms with Crippen molar-refractivity contribution in [2.24, 2.45) is 5.73 Å². The number of aryl methyl sites for hydroxylation is 1. The Balaban J connectivity index is 1.99. The monoisotopic (exact) mass is 281 g/mol. The molecule has 1 aromatic rings. The Morgan fingerprint density at radius 1 is 1.42 bits per heavy atom. The molecule has 0 bridgehead atoms. The van der Waals surface area contributed by atoms with Crippen LogP contribution >= 0.6 is 11.3 Å². The highest BCUT2D eigenvalue weighted by Gasteiger charge is 2.27. The summed E-state index contributed by atoms with van der Waals surface area (Å²) in [6.45, 7) is 8.77. The van der Waals surface area contributed by atoms with Gasteiger partial charge in [-0.1, -0.05) is 6.92 Å². The zero-order chi connectivity index (χ0) is 13.8. The number of rotatable bonds is 5. The van der Waals surface area contributed by atoms with E-state index in [-0.39, 0.29) is 0 Å². The lowest BCUT2D eigenvalue weighted by molar-refractivity contribution is 0.102. The molecule has 19 heavy (non-hydrogen) atoms. The lowest BCUT2D eigenvalue weighted by Gasteiger charge is -2.39. The molecule has 2 heterocycles. The summed E-state index contributed by atoms with van der Waals surface area (Å²) in [4.78, 5) is 7.85. The van der Waals surface area contributed by atoms with E-state index in [1.807, 2.05) is 11.3 Å². The van der Waals surface area contributed by atoms with Crippen molar-refractivity contribution in [1.29, 1.82) is 0 Å². The van der Waals surface area contributed by atoms with E-state index in [2.05, 4.69) is 42.8 Å². The van der Waals surface area contributed by atoms with E-state index in [9.17, 15) is 0 Å². The van der Waals surface area contributed by atoms with Crippen LogP contribution in [0, 0.1) is 6.92 Å². The molecule has 0 aliphatic carbocycles. The molecule has 2 N–H and O–H groups in total. The molecule has 0 amide bonds. The Hall–Kier alpha value is -0.420. The Labute approximate surface area is 121 Å². The maximum Gasteiger partial charge on any atom is 0.0564 e. The summed E-state index contributed by atoms with van der Waals surface area (Å²) >= 11 is 1.89. The Morgan fingerprint density at radius 2 is 2.11 bits per heavy atom. The average Bonchev–Trinajstić information content (AvgIpc) is 2.86. The van der Waals surface area contributed by atoms with E-state index in [0.29, 0.717) is 18.6 Å². The molecular formula is C15H27N3S. The lowest BCUT2D eigenvalue weighted by atomic mass is 10.0. The smallest absolute Gasteiger partial charge is 0.0564 e. The normalized spacial score (nSPS) is 20.1. The molecule has 1 unspecified atom stereocenters. The van der Waals surface area contributed by atoms with Gasteiger partial charge in [-0.2, -0.15) is 0 Å². The van der Waals surface area contributed by atoms with Crippen LogP contribution in [0.2, 0.25) is 0 Å². The molecule has 0 radical (unpaired) electrons. The molecule has 1 atom stereocenters. The molecular weight excluding hydrogens is 254 g/mol. The van der Waals surface area contributed by atoms with Crippen molar-refractivity contribution in [1.82, 2.24) is 9.80 Å². The van der Waals surface area contributed by atoms with Crippen LogP contribution in [0.15, 0.2) is 12.1 Å². The van der Waals surface area contributed by atoms with Crippen molar-refractivity contribution < 1.29 is 0 Å². The van der Waals surface area contributed by atoms with Gasteiger partial charge in [-0.15, -0.1) is 11.3 Å². The van der Waals surface area contributed by atoms with Crippen LogP contribution in [0.3, 0.4) is 0 Å². The second-order valence-electron chi connectivity index (χ2n) is 5.53. The van der Waals surface area contributed by atoms with Crippen LogP contribution in [0.1, 0.15) is 35.6 Å². The maximum atomic E-state index is 6.03. The summed E-state index contributed by atoms with van der Waals surface area (Å²) in [6, 6.07) is 5.52. The van der Waals surface area contributed by atoms with E-state index in [0.717, 1.165) is 0 Å². The largest absolute Gasteiger partial charge is 0.329 e. The highest BCUT2D eigenvalue weighted by atomic mass is 32.1. The predicted octanol–water partition coefficient (Wildman–Crippen LogP) is 2.47. The zero-order valence-corrected chi connectivity index (χ0v) is 13.2. The summed E-state index contributed by atoms with van der Waals surface area (Å²) in [6.07, 6.45) is 2.54. The minimum absolute atomic E-state index is 0.386. The van der Waals surface area contributed by atoms with Gasteiger partial charge in [-0.25, -0.2) is 0 Å². The first-order chi connectivity index (χ1) is 9.15. The number of nitrogens with two attached hydrogens (primary N) is 1. The van der Waals surface area contributed by atoms with E-state index in [1.54, 1.807) is 0 Å². The summed E-state index contributed by atoms with van der Waals surface area (Å²) in [5, 5.41) is 0. The fourth-order valence-electron chi connectivity index (χ4n) is 3.01. The third kappa shape index (κ3) is 3.57. The van der Waals surface area contributed by atoms with E-state index in [4.69, 9.17) is 5.73 Å². The van der Waals surface area contributed by atoms with Crippen molar-refractivity contribution in [3.8, 4) is 0 Å². The van der Waals surface area contributed by atoms with Gasteiger partial charge in [-0.05, 0) is 58.6 Å². The molecule has 3 nitrogen and oxygen atoms in total. The number of likely N-dealkylation sites (tertiary alicyclic amines) is 1. The van der Waals surface area contributed by atoms with Gasteiger partial charge in [0.2, 0.25) is 0 Å². The van der Waals surface area contributed by atoms with Gasteiger partial charge in [0, 0.05) is 22.3 Å². The standard InChI is InChI=1S/C15H27N3S/c1-4-18-9-7-13(8-10-18)17(3)14(11-16)15-6-5-12(2)19-15/h5-6,13-14H,4,7-11,16H2,1-3H3. The quantitative estimate of drug-likeness (QED) is 0.900. The maximum absolute atomic E-state index is 6.03. The molecule has 108 valence electrons. The summed E-state index contributed by atoms with van der Waals surface area (Å²) in [7, 11) is 2.25. The van der Waals surface area contributed by atoms with Crippen LogP contribution in [0.25, 0.3) is 0 Å². The third-order valence-corrected chi connectivity index (χ3v) is 5.49. The van der Waals surface area contributed by atoms with Gasteiger partial charge in [0.1, 0.15) is 0 Å². The second kappa shape index (κ2) is 6.84. The van der Waals surface area contributed by atoms with Crippen LogP contribution in [0.4, 0.5) is 0 Å². The predicted molar refractivity (Wildman–Crippen MR) is 83.8 cm³/mol. The number of likely N-dealkylation sites (N-methyl/N-ethyl adjacent to an activating group) is 1. The first kappa shape index (κ1) is 15.0. The topological polar surface area (TPSA) is 32.5 Å². The van der Waals surface area contributed by atoms with Crippen molar-refractivity contribution in [2.75, 3.05) is 33.2 Å². The van der Waals surface area contributed by atoms with Crippen LogP contribution in [0.5, 0.6) is 0 Å². The molecule has 1 aliphatic rings. The zero-order valence-electron chi connectivity index (χ0n) is 12.4. The van der Waals surface area contributed by atoms with Gasteiger partial charge in [-0.3, -0.25) is 4.90 Å². The summed E-state index contributed by atoms with van der Waals surface area (Å²) in [5.74, 6) is 0. The minimum atomic E-state index is 0.386. The molecule has 1 aliphatic heterocycles. The van der Waals surface area contributed by atoms with Gasteiger partial charge < -0.3 is 10.6 Å². The molecule has 1 saturated heterocycles. The molecule has 1 aromatic heterocycles. The van der Waals surface area contributed by atoms with E-state index in [1.165, 1.54) is 42.2 Å².